The van der Waals surface area contributed by atoms with Crippen LogP contribution in [0.1, 0.15) is 22.6 Å². The van der Waals surface area contributed by atoms with Gasteiger partial charge in [0, 0.05) is 11.6 Å². The predicted octanol–water partition coefficient (Wildman–Crippen LogP) is 4.94. The molecule has 0 aliphatic carbocycles. The first-order chi connectivity index (χ1) is 14.4. The molecular formula is C23H22N2O4S. The van der Waals surface area contributed by atoms with Gasteiger partial charge in [0.05, 0.1) is 29.9 Å². The predicted molar refractivity (Wildman–Crippen MR) is 113 cm³/mol. The molecule has 0 saturated heterocycles. The molecule has 0 radical (unpaired) electrons. The Labute approximate surface area is 175 Å². The molecule has 2 aromatic carbocycles. The van der Waals surface area contributed by atoms with Gasteiger partial charge in [0.15, 0.2) is 5.76 Å². The summed E-state index contributed by atoms with van der Waals surface area (Å²) in [4.78, 5) is 0.217. The van der Waals surface area contributed by atoms with Gasteiger partial charge in [0.2, 0.25) is 10.0 Å². The molecule has 154 valence electrons. The number of sulfonamides is 1. The van der Waals surface area contributed by atoms with Crippen molar-refractivity contribution in [2.24, 2.45) is 0 Å². The first-order valence-electron chi connectivity index (χ1n) is 9.54. The van der Waals surface area contributed by atoms with Crippen molar-refractivity contribution in [3.63, 3.8) is 0 Å². The molecular weight excluding hydrogens is 400 g/mol. The van der Waals surface area contributed by atoms with E-state index in [1.807, 2.05) is 26.0 Å². The van der Waals surface area contributed by atoms with Crippen molar-refractivity contribution in [2.45, 2.75) is 31.8 Å². The third kappa shape index (κ3) is 4.22. The second-order valence-electron chi connectivity index (χ2n) is 7.17. The summed E-state index contributed by atoms with van der Waals surface area (Å²) < 4.78 is 38.8. The molecule has 0 N–H and O–H groups in total. The summed E-state index contributed by atoms with van der Waals surface area (Å²) in [5, 5.41) is 4.12. The van der Waals surface area contributed by atoms with Crippen molar-refractivity contribution >= 4 is 10.0 Å². The maximum atomic E-state index is 13.3. The monoisotopic (exact) mass is 422 g/mol. The Morgan fingerprint density at radius 3 is 2.43 bits per heavy atom. The normalized spacial score (nSPS) is 11.8. The van der Waals surface area contributed by atoms with E-state index in [2.05, 4.69) is 11.2 Å². The number of hydrogen-bond donors (Lipinski definition) is 0. The Bertz CT molecular complexity index is 1230. The van der Waals surface area contributed by atoms with E-state index in [0.29, 0.717) is 17.2 Å². The minimum absolute atomic E-state index is 0.0618. The number of nitrogens with zero attached hydrogens (tertiary/aromatic N) is 2. The molecule has 4 rings (SSSR count). The number of rotatable bonds is 7. The number of aryl methyl sites for hydroxylation is 2. The van der Waals surface area contributed by atoms with Gasteiger partial charge in [-0.25, -0.2) is 8.42 Å². The van der Waals surface area contributed by atoms with Gasteiger partial charge in [-0.15, -0.1) is 0 Å². The summed E-state index contributed by atoms with van der Waals surface area (Å²) in [6.07, 6.45) is 1.52. The SMILES string of the molecule is Cc1ccc(-c2cc(CN(Cc3ccco3)S(=O)(=O)c3ccccc3)no2)c(C)c1. The molecule has 0 bridgehead atoms. The van der Waals surface area contributed by atoms with Crippen LogP contribution in [0.4, 0.5) is 0 Å². The molecule has 0 fully saturated rings. The largest absolute Gasteiger partial charge is 0.468 e. The Kier molecular flexibility index (Phi) is 5.57. The van der Waals surface area contributed by atoms with Crippen LogP contribution in [0.5, 0.6) is 0 Å². The second-order valence-corrected chi connectivity index (χ2v) is 9.10. The highest BCUT2D eigenvalue weighted by Crippen LogP contribution is 2.27. The van der Waals surface area contributed by atoms with Gasteiger partial charge < -0.3 is 8.94 Å². The molecule has 0 spiro atoms. The van der Waals surface area contributed by atoms with E-state index in [1.165, 1.54) is 10.6 Å². The zero-order chi connectivity index (χ0) is 21.1. The van der Waals surface area contributed by atoms with Crippen molar-refractivity contribution in [3.8, 4) is 11.3 Å². The smallest absolute Gasteiger partial charge is 0.243 e. The van der Waals surface area contributed by atoms with Crippen LogP contribution < -0.4 is 0 Å². The molecule has 2 aromatic heterocycles. The van der Waals surface area contributed by atoms with Gasteiger partial charge in [-0.2, -0.15) is 4.31 Å². The van der Waals surface area contributed by atoms with Crippen LogP contribution in [-0.4, -0.2) is 17.9 Å². The minimum Gasteiger partial charge on any atom is -0.468 e. The molecule has 7 heteroatoms. The van der Waals surface area contributed by atoms with Gasteiger partial charge in [0.25, 0.3) is 0 Å². The summed E-state index contributed by atoms with van der Waals surface area (Å²) in [5.74, 6) is 1.16. The fourth-order valence-electron chi connectivity index (χ4n) is 3.33. The minimum atomic E-state index is -3.75. The molecule has 2 heterocycles. The highest BCUT2D eigenvalue weighted by molar-refractivity contribution is 7.89. The first kappa shape index (κ1) is 20.1. The first-order valence-corrected chi connectivity index (χ1v) is 11.0. The summed E-state index contributed by atoms with van der Waals surface area (Å²) in [7, 11) is -3.75. The Morgan fingerprint density at radius 2 is 1.73 bits per heavy atom. The molecule has 0 unspecified atom stereocenters. The van der Waals surface area contributed by atoms with Gasteiger partial charge in [-0.05, 0) is 43.7 Å². The van der Waals surface area contributed by atoms with E-state index in [1.54, 1.807) is 48.5 Å². The van der Waals surface area contributed by atoms with Crippen LogP contribution in [0.25, 0.3) is 11.3 Å². The lowest BCUT2D eigenvalue weighted by molar-refractivity contribution is 0.343. The second kappa shape index (κ2) is 8.30. The van der Waals surface area contributed by atoms with Crippen LogP contribution in [0.3, 0.4) is 0 Å². The fourth-order valence-corrected chi connectivity index (χ4v) is 4.73. The van der Waals surface area contributed by atoms with E-state index in [-0.39, 0.29) is 18.0 Å². The van der Waals surface area contributed by atoms with Crippen LogP contribution in [0, 0.1) is 13.8 Å². The van der Waals surface area contributed by atoms with Crippen molar-refractivity contribution in [3.05, 3.63) is 95.6 Å². The Morgan fingerprint density at radius 1 is 0.933 bits per heavy atom. The Balaban J connectivity index is 1.65. The summed E-state index contributed by atoms with van der Waals surface area (Å²) in [6, 6.07) is 19.7. The number of benzene rings is 2. The van der Waals surface area contributed by atoms with Gasteiger partial charge >= 0.3 is 0 Å². The molecule has 0 aliphatic heterocycles. The van der Waals surface area contributed by atoms with Crippen LogP contribution in [0.2, 0.25) is 0 Å². The van der Waals surface area contributed by atoms with E-state index < -0.39 is 10.0 Å². The van der Waals surface area contributed by atoms with Gasteiger partial charge in [-0.1, -0.05) is 47.1 Å². The summed E-state index contributed by atoms with van der Waals surface area (Å²) in [5.41, 5.74) is 3.69. The zero-order valence-electron chi connectivity index (χ0n) is 16.8. The van der Waals surface area contributed by atoms with Crippen LogP contribution in [0.15, 0.2) is 86.8 Å². The standard InChI is InChI=1S/C23H22N2O4S/c1-17-10-11-22(18(2)13-17)23-14-19(24-29-23)15-25(16-20-7-6-12-28-20)30(26,27)21-8-4-3-5-9-21/h3-14H,15-16H2,1-2H3. The molecule has 6 nitrogen and oxygen atoms in total. The molecule has 0 amide bonds. The highest BCUT2D eigenvalue weighted by atomic mass is 32.2. The average molecular weight is 423 g/mol. The Hall–Kier alpha value is -3.16. The van der Waals surface area contributed by atoms with Crippen molar-refractivity contribution in [2.75, 3.05) is 0 Å². The topological polar surface area (TPSA) is 76.6 Å². The zero-order valence-corrected chi connectivity index (χ0v) is 17.6. The average Bonchev–Trinajstić information content (AvgIpc) is 3.40. The van der Waals surface area contributed by atoms with Crippen LogP contribution in [-0.2, 0) is 23.1 Å². The lowest BCUT2D eigenvalue weighted by Crippen LogP contribution is -2.30. The van der Waals surface area contributed by atoms with E-state index in [9.17, 15) is 8.42 Å². The van der Waals surface area contributed by atoms with Crippen molar-refractivity contribution in [1.82, 2.24) is 9.46 Å². The number of aromatic nitrogens is 1. The molecule has 0 atom stereocenters. The third-order valence-corrected chi connectivity index (χ3v) is 6.64. The van der Waals surface area contributed by atoms with Crippen molar-refractivity contribution in [1.29, 1.82) is 0 Å². The highest BCUT2D eigenvalue weighted by Gasteiger charge is 2.27. The quantitative estimate of drug-likeness (QED) is 0.421. The van der Waals surface area contributed by atoms with E-state index in [0.717, 1.165) is 16.7 Å². The van der Waals surface area contributed by atoms with Gasteiger partial charge in [-0.3, -0.25) is 0 Å². The third-order valence-electron chi connectivity index (χ3n) is 4.84. The molecule has 4 aromatic rings. The maximum Gasteiger partial charge on any atom is 0.243 e. The maximum absolute atomic E-state index is 13.3. The molecule has 30 heavy (non-hydrogen) atoms. The molecule has 0 saturated carbocycles. The molecule has 0 aliphatic rings. The van der Waals surface area contributed by atoms with Gasteiger partial charge in [0.1, 0.15) is 5.76 Å². The summed E-state index contributed by atoms with van der Waals surface area (Å²) >= 11 is 0. The lowest BCUT2D eigenvalue weighted by Gasteiger charge is -2.20. The fraction of sp³-hybridized carbons (Fsp3) is 0.174. The van der Waals surface area contributed by atoms with Crippen molar-refractivity contribution < 1.29 is 17.4 Å². The number of furan rings is 1. The lowest BCUT2D eigenvalue weighted by atomic mass is 10.0. The number of hydrogen-bond acceptors (Lipinski definition) is 5. The van der Waals surface area contributed by atoms with E-state index in [4.69, 9.17) is 8.94 Å². The van der Waals surface area contributed by atoms with Crippen LogP contribution >= 0.6 is 0 Å². The van der Waals surface area contributed by atoms with E-state index >= 15 is 0 Å². The summed E-state index contributed by atoms with van der Waals surface area (Å²) in [6.45, 7) is 4.19.